The molecule has 0 N–H and O–H groups in total. The Balaban J connectivity index is 0.000000356. The van der Waals surface area contributed by atoms with E-state index in [1.165, 1.54) is 56.4 Å². The monoisotopic (exact) mass is 263 g/mol. The van der Waals surface area contributed by atoms with E-state index in [-0.39, 0.29) is 0 Å². The van der Waals surface area contributed by atoms with Crippen molar-refractivity contribution in [2.45, 2.75) is 60.3 Å². The summed E-state index contributed by atoms with van der Waals surface area (Å²) < 4.78 is 0. The van der Waals surface area contributed by atoms with Gasteiger partial charge in [0.2, 0.25) is 0 Å². The first-order chi connectivity index (χ1) is 9.15. The SMILES string of the molecule is CCCCN(CCC)CCC.Cc1ccccc1C. The Kier molecular flexibility index (Phi) is 11.7. The molecule has 1 rings (SSSR count). The van der Waals surface area contributed by atoms with E-state index in [9.17, 15) is 0 Å². The maximum Gasteiger partial charge on any atom is -0.00188 e. The van der Waals surface area contributed by atoms with Crippen molar-refractivity contribution in [2.75, 3.05) is 19.6 Å². The third-order valence-electron chi connectivity index (χ3n) is 3.33. The number of rotatable bonds is 7. The molecule has 0 atom stereocenters. The Morgan fingerprint density at radius 1 is 0.737 bits per heavy atom. The maximum absolute atomic E-state index is 2.57. The molecular weight excluding hydrogens is 230 g/mol. The number of aryl methyl sites for hydroxylation is 2. The van der Waals surface area contributed by atoms with Crippen LogP contribution in [-0.2, 0) is 0 Å². The molecule has 0 aliphatic heterocycles. The van der Waals surface area contributed by atoms with E-state index >= 15 is 0 Å². The molecule has 0 heterocycles. The number of unbranched alkanes of at least 4 members (excludes halogenated alkanes) is 1. The van der Waals surface area contributed by atoms with Gasteiger partial charge in [0.15, 0.2) is 0 Å². The van der Waals surface area contributed by atoms with Gasteiger partial charge in [-0.25, -0.2) is 0 Å². The van der Waals surface area contributed by atoms with Gasteiger partial charge in [-0.15, -0.1) is 0 Å². The van der Waals surface area contributed by atoms with Gasteiger partial charge < -0.3 is 4.90 Å². The molecule has 1 aromatic carbocycles. The van der Waals surface area contributed by atoms with Crippen LogP contribution < -0.4 is 0 Å². The van der Waals surface area contributed by atoms with Crippen LogP contribution in [0.15, 0.2) is 24.3 Å². The minimum atomic E-state index is 1.29. The molecule has 0 radical (unpaired) electrons. The molecule has 1 aromatic rings. The number of nitrogens with zero attached hydrogens (tertiary/aromatic N) is 1. The molecule has 0 saturated heterocycles. The Hall–Kier alpha value is -0.820. The second-order valence-electron chi connectivity index (χ2n) is 5.28. The third-order valence-corrected chi connectivity index (χ3v) is 3.33. The standard InChI is InChI=1S/C10H23N.C8H10/c1-4-7-10-11(8-5-2)9-6-3;1-7-5-3-4-6-8(7)2/h4-10H2,1-3H3;3-6H,1-2H3. The average molecular weight is 263 g/mol. The van der Waals surface area contributed by atoms with E-state index in [1.807, 2.05) is 0 Å². The van der Waals surface area contributed by atoms with Crippen LogP contribution in [0.2, 0.25) is 0 Å². The van der Waals surface area contributed by atoms with Crippen LogP contribution in [0.4, 0.5) is 0 Å². The van der Waals surface area contributed by atoms with Gasteiger partial charge in [0, 0.05) is 0 Å². The van der Waals surface area contributed by atoms with Gasteiger partial charge in [-0.1, -0.05) is 51.5 Å². The van der Waals surface area contributed by atoms with Crippen molar-refractivity contribution in [3.8, 4) is 0 Å². The first-order valence-electron chi connectivity index (χ1n) is 7.90. The van der Waals surface area contributed by atoms with Gasteiger partial charge in [0.1, 0.15) is 0 Å². The molecule has 0 fully saturated rings. The quantitative estimate of drug-likeness (QED) is 0.652. The van der Waals surface area contributed by atoms with Crippen LogP contribution in [0.1, 0.15) is 57.6 Å². The molecule has 1 heteroatoms. The van der Waals surface area contributed by atoms with Crippen molar-refractivity contribution in [2.24, 2.45) is 0 Å². The second kappa shape index (κ2) is 12.2. The molecule has 0 aliphatic rings. The Morgan fingerprint density at radius 2 is 1.21 bits per heavy atom. The summed E-state index contributed by atoms with van der Waals surface area (Å²) in [6, 6.07) is 8.36. The zero-order valence-corrected chi connectivity index (χ0v) is 13.7. The molecular formula is C18H33N. The summed E-state index contributed by atoms with van der Waals surface area (Å²) in [5.41, 5.74) is 2.74. The van der Waals surface area contributed by atoms with Gasteiger partial charge in [-0.05, 0) is 63.9 Å². The van der Waals surface area contributed by atoms with Crippen molar-refractivity contribution in [3.05, 3.63) is 35.4 Å². The number of hydrogen-bond acceptors (Lipinski definition) is 1. The lowest BCUT2D eigenvalue weighted by molar-refractivity contribution is 0.270. The van der Waals surface area contributed by atoms with Crippen molar-refractivity contribution < 1.29 is 0 Å². The van der Waals surface area contributed by atoms with Crippen LogP contribution in [0, 0.1) is 13.8 Å². The van der Waals surface area contributed by atoms with E-state index in [0.29, 0.717) is 0 Å². The smallest absolute Gasteiger partial charge is 0.00188 e. The highest BCUT2D eigenvalue weighted by Crippen LogP contribution is 2.02. The molecule has 0 aliphatic carbocycles. The van der Waals surface area contributed by atoms with E-state index in [1.54, 1.807) is 0 Å². The zero-order valence-electron chi connectivity index (χ0n) is 13.7. The van der Waals surface area contributed by atoms with Crippen molar-refractivity contribution in [1.29, 1.82) is 0 Å². The van der Waals surface area contributed by atoms with E-state index < -0.39 is 0 Å². The fourth-order valence-electron chi connectivity index (χ4n) is 2.01. The Labute approximate surface area is 121 Å². The molecule has 0 aromatic heterocycles. The van der Waals surface area contributed by atoms with Gasteiger partial charge >= 0.3 is 0 Å². The molecule has 19 heavy (non-hydrogen) atoms. The predicted octanol–water partition coefficient (Wildman–Crippen LogP) is 5.21. The number of hydrogen-bond donors (Lipinski definition) is 0. The van der Waals surface area contributed by atoms with E-state index in [0.717, 1.165) is 0 Å². The second-order valence-corrected chi connectivity index (χ2v) is 5.28. The van der Waals surface area contributed by atoms with Crippen LogP contribution in [0.25, 0.3) is 0 Å². The Bertz CT molecular complexity index is 279. The summed E-state index contributed by atoms with van der Waals surface area (Å²) in [6.45, 7) is 14.9. The molecule has 0 bridgehead atoms. The predicted molar refractivity (Wildman–Crippen MR) is 87.8 cm³/mol. The van der Waals surface area contributed by atoms with Crippen molar-refractivity contribution >= 4 is 0 Å². The minimum absolute atomic E-state index is 1.29. The van der Waals surface area contributed by atoms with Gasteiger partial charge in [-0.3, -0.25) is 0 Å². The average Bonchev–Trinajstić information content (AvgIpc) is 2.41. The molecule has 0 unspecified atom stereocenters. The van der Waals surface area contributed by atoms with Crippen LogP contribution >= 0.6 is 0 Å². The summed E-state index contributed by atoms with van der Waals surface area (Å²) in [4.78, 5) is 2.57. The normalized spacial score (nSPS) is 10.2. The van der Waals surface area contributed by atoms with E-state index in [4.69, 9.17) is 0 Å². The lowest BCUT2D eigenvalue weighted by Gasteiger charge is -2.20. The lowest BCUT2D eigenvalue weighted by atomic mass is 10.1. The van der Waals surface area contributed by atoms with Gasteiger partial charge in [0.05, 0.1) is 0 Å². The largest absolute Gasteiger partial charge is 0.303 e. The van der Waals surface area contributed by atoms with Crippen LogP contribution in [-0.4, -0.2) is 24.5 Å². The minimum Gasteiger partial charge on any atom is -0.303 e. The molecule has 1 nitrogen and oxygen atoms in total. The van der Waals surface area contributed by atoms with Crippen molar-refractivity contribution in [3.63, 3.8) is 0 Å². The first-order valence-corrected chi connectivity index (χ1v) is 7.90. The van der Waals surface area contributed by atoms with Crippen LogP contribution in [0.3, 0.4) is 0 Å². The van der Waals surface area contributed by atoms with Crippen molar-refractivity contribution in [1.82, 2.24) is 4.90 Å². The zero-order chi connectivity index (χ0) is 14.5. The fraction of sp³-hybridized carbons (Fsp3) is 0.667. The molecule has 0 saturated carbocycles. The van der Waals surface area contributed by atoms with Crippen LogP contribution in [0.5, 0.6) is 0 Å². The molecule has 110 valence electrons. The summed E-state index contributed by atoms with van der Waals surface area (Å²) in [6.07, 6.45) is 5.28. The first kappa shape index (κ1) is 18.2. The third kappa shape index (κ3) is 9.72. The highest BCUT2D eigenvalue weighted by molar-refractivity contribution is 5.23. The Morgan fingerprint density at radius 3 is 1.53 bits per heavy atom. The summed E-state index contributed by atoms with van der Waals surface area (Å²) in [5.74, 6) is 0. The molecule has 0 spiro atoms. The van der Waals surface area contributed by atoms with E-state index in [2.05, 4.69) is 63.8 Å². The fourth-order valence-corrected chi connectivity index (χ4v) is 2.01. The number of benzene rings is 1. The summed E-state index contributed by atoms with van der Waals surface area (Å²) in [5, 5.41) is 0. The highest BCUT2D eigenvalue weighted by Gasteiger charge is 1.99. The van der Waals surface area contributed by atoms with Gasteiger partial charge in [-0.2, -0.15) is 0 Å². The maximum atomic E-state index is 2.57. The summed E-state index contributed by atoms with van der Waals surface area (Å²) >= 11 is 0. The van der Waals surface area contributed by atoms with Gasteiger partial charge in [0.25, 0.3) is 0 Å². The lowest BCUT2D eigenvalue weighted by Crippen LogP contribution is -2.26. The highest BCUT2D eigenvalue weighted by atomic mass is 15.1. The molecule has 0 amide bonds. The topological polar surface area (TPSA) is 3.24 Å². The summed E-state index contributed by atoms with van der Waals surface area (Å²) in [7, 11) is 0.